The van der Waals surface area contributed by atoms with Crippen LogP contribution in [0.5, 0.6) is 0 Å². The summed E-state index contributed by atoms with van der Waals surface area (Å²) in [5, 5.41) is 5.27. The third-order valence-corrected chi connectivity index (χ3v) is 6.20. The quantitative estimate of drug-likeness (QED) is 0.754. The molecular weight excluding hydrogens is 348 g/mol. The molecule has 2 atom stereocenters. The second kappa shape index (κ2) is 6.03. The Morgan fingerprint density at radius 3 is 3.00 bits per heavy atom. The van der Waals surface area contributed by atoms with Crippen molar-refractivity contribution in [1.29, 1.82) is 0 Å². The van der Waals surface area contributed by atoms with E-state index in [4.69, 9.17) is 4.74 Å². The highest BCUT2D eigenvalue weighted by Crippen LogP contribution is 2.39. The lowest BCUT2D eigenvalue weighted by Crippen LogP contribution is -2.66. The van der Waals surface area contributed by atoms with Gasteiger partial charge in [0.1, 0.15) is 24.9 Å². The summed E-state index contributed by atoms with van der Waals surface area (Å²) < 4.78 is 7.10. The molecule has 2 saturated heterocycles. The van der Waals surface area contributed by atoms with Crippen LogP contribution in [0.4, 0.5) is 5.82 Å². The minimum absolute atomic E-state index is 0.0544. The number of fused-ring (bicyclic) bond motifs is 2. The summed E-state index contributed by atoms with van der Waals surface area (Å²) in [5.41, 5.74) is 1.59. The number of nitrogens with zero attached hydrogens (tertiary/aromatic N) is 3. The fraction of sp³-hybridized carbons (Fsp3) is 0.316. The lowest BCUT2D eigenvalue weighted by molar-refractivity contribution is -0.146. The number of nitrogens with one attached hydrogen (secondary N) is 1. The van der Waals surface area contributed by atoms with Gasteiger partial charge in [-0.05, 0) is 23.4 Å². The molecule has 0 aliphatic carbocycles. The molecular formula is C19H18N4O2S. The van der Waals surface area contributed by atoms with Gasteiger partial charge in [-0.2, -0.15) is 0 Å². The van der Waals surface area contributed by atoms with Crippen molar-refractivity contribution in [3.63, 3.8) is 0 Å². The molecule has 1 aromatic carbocycles. The predicted molar refractivity (Wildman–Crippen MR) is 100 cm³/mol. The number of aromatic nitrogens is 2. The molecule has 7 heteroatoms. The number of hydrogen-bond donors (Lipinski definition) is 1. The zero-order valence-electron chi connectivity index (χ0n) is 14.1. The smallest absolute Gasteiger partial charge is 0.246 e. The Kier molecular flexibility index (Phi) is 3.65. The van der Waals surface area contributed by atoms with Crippen molar-refractivity contribution in [2.24, 2.45) is 0 Å². The van der Waals surface area contributed by atoms with E-state index < -0.39 is 5.54 Å². The average molecular weight is 366 g/mol. The molecule has 6 nitrogen and oxygen atoms in total. The van der Waals surface area contributed by atoms with E-state index in [1.165, 1.54) is 0 Å². The highest BCUT2D eigenvalue weighted by atomic mass is 32.1. The summed E-state index contributed by atoms with van der Waals surface area (Å²) >= 11 is 1.66. The molecule has 0 radical (unpaired) electrons. The second-order valence-electron chi connectivity index (χ2n) is 6.71. The zero-order valence-corrected chi connectivity index (χ0v) is 14.9. The Morgan fingerprint density at radius 1 is 1.23 bits per heavy atom. The SMILES string of the molecule is O=C1CO[C@@H]2CN(c3ncnc4ccsc34)CC[C@@]2(c2ccccc2)N1. The number of morpholine rings is 1. The molecule has 0 saturated carbocycles. The Morgan fingerprint density at radius 2 is 2.12 bits per heavy atom. The molecule has 132 valence electrons. The molecule has 2 aromatic heterocycles. The molecule has 0 spiro atoms. The van der Waals surface area contributed by atoms with Gasteiger partial charge in [0.05, 0.1) is 15.8 Å². The van der Waals surface area contributed by atoms with Crippen molar-refractivity contribution in [3.8, 4) is 0 Å². The molecule has 2 aliphatic heterocycles. The summed E-state index contributed by atoms with van der Waals surface area (Å²) in [6.45, 7) is 1.57. The number of rotatable bonds is 2. The minimum atomic E-state index is -0.477. The van der Waals surface area contributed by atoms with Gasteiger partial charge in [-0.15, -0.1) is 11.3 Å². The topological polar surface area (TPSA) is 67.3 Å². The predicted octanol–water partition coefficient (Wildman–Crippen LogP) is 2.31. The number of hydrogen-bond acceptors (Lipinski definition) is 6. The van der Waals surface area contributed by atoms with Crippen LogP contribution >= 0.6 is 11.3 Å². The van der Waals surface area contributed by atoms with Crippen LogP contribution < -0.4 is 10.2 Å². The maximum absolute atomic E-state index is 12.1. The van der Waals surface area contributed by atoms with Crippen LogP contribution in [0.3, 0.4) is 0 Å². The molecule has 2 fully saturated rings. The third kappa shape index (κ3) is 2.39. The Hall–Kier alpha value is -2.51. The fourth-order valence-corrected chi connectivity index (χ4v) is 4.91. The number of piperidine rings is 1. The van der Waals surface area contributed by atoms with E-state index >= 15 is 0 Å². The van der Waals surface area contributed by atoms with E-state index in [0.29, 0.717) is 6.54 Å². The Balaban J connectivity index is 1.52. The van der Waals surface area contributed by atoms with Gasteiger partial charge in [-0.25, -0.2) is 9.97 Å². The average Bonchev–Trinajstić information content (AvgIpc) is 3.17. The first-order chi connectivity index (χ1) is 12.8. The lowest BCUT2D eigenvalue weighted by atomic mass is 9.77. The molecule has 0 bridgehead atoms. The van der Waals surface area contributed by atoms with E-state index in [-0.39, 0.29) is 18.6 Å². The molecule has 26 heavy (non-hydrogen) atoms. The molecule has 5 rings (SSSR count). The first-order valence-corrected chi connectivity index (χ1v) is 9.55. The van der Waals surface area contributed by atoms with Gasteiger partial charge < -0.3 is 15.0 Å². The number of carbonyl (C=O) groups is 1. The lowest BCUT2D eigenvalue weighted by Gasteiger charge is -2.50. The van der Waals surface area contributed by atoms with Crippen molar-refractivity contribution >= 4 is 33.3 Å². The summed E-state index contributed by atoms with van der Waals surface area (Å²) in [5.74, 6) is 0.897. The van der Waals surface area contributed by atoms with E-state index in [1.807, 2.05) is 29.6 Å². The number of carbonyl (C=O) groups excluding carboxylic acids is 1. The van der Waals surface area contributed by atoms with Gasteiger partial charge in [0.15, 0.2) is 0 Å². The van der Waals surface area contributed by atoms with Crippen molar-refractivity contribution in [2.75, 3.05) is 24.6 Å². The Bertz CT molecular complexity index is 960. The normalized spacial score (nSPS) is 25.8. The standard InChI is InChI=1S/C19H18N4O2S/c24-16-11-25-15-10-23(18-17-14(6-9-26-17)20-12-21-18)8-7-19(15,22-16)13-4-2-1-3-5-13/h1-6,9,12,15H,7-8,10-11H2,(H,22,24)/t15-,19+/m1/s1. The van der Waals surface area contributed by atoms with Gasteiger partial charge in [0, 0.05) is 13.1 Å². The fourth-order valence-electron chi connectivity index (χ4n) is 4.05. The number of ether oxygens (including phenoxy) is 1. The minimum Gasteiger partial charge on any atom is -0.364 e. The van der Waals surface area contributed by atoms with Crippen molar-refractivity contribution in [3.05, 3.63) is 53.7 Å². The van der Waals surface area contributed by atoms with E-state index in [0.717, 1.165) is 34.6 Å². The maximum Gasteiger partial charge on any atom is 0.246 e. The largest absolute Gasteiger partial charge is 0.364 e. The van der Waals surface area contributed by atoms with Crippen molar-refractivity contribution in [2.45, 2.75) is 18.1 Å². The zero-order chi connectivity index (χ0) is 17.6. The van der Waals surface area contributed by atoms with E-state index in [2.05, 4.69) is 32.3 Å². The molecule has 0 unspecified atom stereocenters. The van der Waals surface area contributed by atoms with Crippen LogP contribution in [0, 0.1) is 0 Å². The summed E-state index contributed by atoms with van der Waals surface area (Å²) in [4.78, 5) is 23.2. The van der Waals surface area contributed by atoms with Gasteiger partial charge in [-0.3, -0.25) is 4.79 Å². The third-order valence-electron chi connectivity index (χ3n) is 5.30. The molecule has 4 heterocycles. The molecule has 1 amide bonds. The van der Waals surface area contributed by atoms with Gasteiger partial charge in [-0.1, -0.05) is 30.3 Å². The van der Waals surface area contributed by atoms with E-state index in [1.54, 1.807) is 17.7 Å². The molecule has 1 N–H and O–H groups in total. The number of anilines is 1. The van der Waals surface area contributed by atoms with Crippen molar-refractivity contribution in [1.82, 2.24) is 15.3 Å². The van der Waals surface area contributed by atoms with Crippen LogP contribution in [-0.2, 0) is 15.1 Å². The number of amides is 1. The van der Waals surface area contributed by atoms with Crippen LogP contribution in [0.1, 0.15) is 12.0 Å². The first kappa shape index (κ1) is 15.7. The van der Waals surface area contributed by atoms with Crippen LogP contribution in [0.25, 0.3) is 10.2 Å². The van der Waals surface area contributed by atoms with Crippen molar-refractivity contribution < 1.29 is 9.53 Å². The summed E-state index contributed by atoms with van der Waals surface area (Å²) in [6, 6.07) is 12.2. The second-order valence-corrected chi connectivity index (χ2v) is 7.63. The highest BCUT2D eigenvalue weighted by Gasteiger charge is 2.49. The maximum atomic E-state index is 12.1. The van der Waals surface area contributed by atoms with Gasteiger partial charge in [0.2, 0.25) is 5.91 Å². The number of thiophene rings is 1. The molecule has 2 aliphatic rings. The van der Waals surface area contributed by atoms with Crippen LogP contribution in [-0.4, -0.2) is 41.7 Å². The van der Waals surface area contributed by atoms with E-state index in [9.17, 15) is 4.79 Å². The highest BCUT2D eigenvalue weighted by molar-refractivity contribution is 7.17. The van der Waals surface area contributed by atoms with Crippen LogP contribution in [0.2, 0.25) is 0 Å². The number of benzene rings is 1. The monoisotopic (exact) mass is 366 g/mol. The van der Waals surface area contributed by atoms with Gasteiger partial charge >= 0.3 is 0 Å². The summed E-state index contributed by atoms with van der Waals surface area (Å²) in [7, 11) is 0. The Labute approximate surface area is 154 Å². The van der Waals surface area contributed by atoms with Crippen LogP contribution in [0.15, 0.2) is 48.1 Å². The van der Waals surface area contributed by atoms with Gasteiger partial charge in [0.25, 0.3) is 0 Å². The summed E-state index contributed by atoms with van der Waals surface area (Å²) in [6.07, 6.45) is 2.26. The first-order valence-electron chi connectivity index (χ1n) is 8.67. The molecule has 3 aromatic rings.